The van der Waals surface area contributed by atoms with Gasteiger partial charge in [0.2, 0.25) is 0 Å². The molecule has 0 radical (unpaired) electrons. The lowest BCUT2D eigenvalue weighted by Crippen LogP contribution is -2.39. The average molecular weight is 265 g/mol. The molecule has 0 atom stereocenters. The molecule has 0 unspecified atom stereocenters. The Morgan fingerprint density at radius 1 is 1.42 bits per heavy atom. The zero-order valence-electron chi connectivity index (χ0n) is 12.3. The SMILES string of the molecule is COC(C)(C)CNC(=O)c1ccc(N(C)C)c(N)c1. The second kappa shape index (κ2) is 5.93. The van der Waals surface area contributed by atoms with Gasteiger partial charge in [-0.05, 0) is 32.0 Å². The number of amides is 1. The van der Waals surface area contributed by atoms with Gasteiger partial charge in [-0.25, -0.2) is 0 Å². The van der Waals surface area contributed by atoms with Crippen LogP contribution in [0, 0.1) is 0 Å². The van der Waals surface area contributed by atoms with E-state index in [-0.39, 0.29) is 11.5 Å². The van der Waals surface area contributed by atoms with Gasteiger partial charge in [-0.1, -0.05) is 0 Å². The molecule has 0 bridgehead atoms. The Hall–Kier alpha value is -1.75. The fourth-order valence-corrected chi connectivity index (χ4v) is 1.57. The van der Waals surface area contributed by atoms with E-state index < -0.39 is 0 Å². The molecule has 1 amide bonds. The van der Waals surface area contributed by atoms with E-state index in [1.807, 2.05) is 38.9 Å². The molecule has 1 aromatic rings. The maximum atomic E-state index is 12.0. The monoisotopic (exact) mass is 265 g/mol. The van der Waals surface area contributed by atoms with Gasteiger partial charge in [0.05, 0.1) is 17.0 Å². The van der Waals surface area contributed by atoms with Crippen LogP contribution in [0.4, 0.5) is 11.4 Å². The van der Waals surface area contributed by atoms with E-state index in [0.29, 0.717) is 17.8 Å². The van der Waals surface area contributed by atoms with Crippen LogP contribution in [0.2, 0.25) is 0 Å². The zero-order valence-corrected chi connectivity index (χ0v) is 12.3. The van der Waals surface area contributed by atoms with Crippen LogP contribution in [0.1, 0.15) is 24.2 Å². The standard InChI is InChI=1S/C14H23N3O2/c1-14(2,19-5)9-16-13(18)10-6-7-12(17(3)4)11(15)8-10/h6-8H,9,15H2,1-5H3,(H,16,18). The Balaban J connectivity index is 2.76. The van der Waals surface area contributed by atoms with Crippen molar-refractivity contribution in [2.24, 2.45) is 0 Å². The van der Waals surface area contributed by atoms with Crippen molar-refractivity contribution < 1.29 is 9.53 Å². The van der Waals surface area contributed by atoms with Gasteiger partial charge in [-0.15, -0.1) is 0 Å². The quantitative estimate of drug-likeness (QED) is 0.792. The van der Waals surface area contributed by atoms with Gasteiger partial charge in [0.25, 0.3) is 5.91 Å². The van der Waals surface area contributed by atoms with Gasteiger partial charge in [-0.3, -0.25) is 4.79 Å². The van der Waals surface area contributed by atoms with Gasteiger partial charge in [-0.2, -0.15) is 0 Å². The summed E-state index contributed by atoms with van der Waals surface area (Å²) in [5, 5.41) is 2.83. The van der Waals surface area contributed by atoms with E-state index in [1.54, 1.807) is 19.2 Å². The van der Waals surface area contributed by atoms with Crippen molar-refractivity contribution >= 4 is 17.3 Å². The number of nitrogen functional groups attached to an aromatic ring is 1. The Bertz CT molecular complexity index is 456. The number of ether oxygens (including phenoxy) is 1. The molecule has 0 aliphatic rings. The van der Waals surface area contributed by atoms with Crippen molar-refractivity contribution in [3.63, 3.8) is 0 Å². The molecular weight excluding hydrogens is 242 g/mol. The topological polar surface area (TPSA) is 67.6 Å². The molecule has 0 saturated heterocycles. The number of anilines is 2. The van der Waals surface area contributed by atoms with E-state index in [9.17, 15) is 4.79 Å². The second-order valence-corrected chi connectivity index (χ2v) is 5.31. The van der Waals surface area contributed by atoms with Crippen LogP contribution < -0.4 is 16.0 Å². The maximum Gasteiger partial charge on any atom is 0.251 e. The normalized spacial score (nSPS) is 11.2. The molecule has 1 aromatic carbocycles. The fraction of sp³-hybridized carbons (Fsp3) is 0.500. The third-order valence-electron chi connectivity index (χ3n) is 3.00. The molecule has 106 valence electrons. The minimum Gasteiger partial charge on any atom is -0.397 e. The van der Waals surface area contributed by atoms with E-state index in [2.05, 4.69) is 5.32 Å². The maximum absolute atomic E-state index is 12.0. The first kappa shape index (κ1) is 15.3. The van der Waals surface area contributed by atoms with Gasteiger partial charge in [0, 0.05) is 33.3 Å². The first-order chi connectivity index (χ1) is 8.76. The minimum absolute atomic E-state index is 0.151. The largest absolute Gasteiger partial charge is 0.397 e. The van der Waals surface area contributed by atoms with Crippen LogP contribution in [-0.2, 0) is 4.74 Å². The minimum atomic E-state index is -0.384. The third-order valence-corrected chi connectivity index (χ3v) is 3.00. The Morgan fingerprint density at radius 3 is 2.53 bits per heavy atom. The first-order valence-electron chi connectivity index (χ1n) is 6.17. The first-order valence-corrected chi connectivity index (χ1v) is 6.17. The van der Waals surface area contributed by atoms with Gasteiger partial charge in [0.15, 0.2) is 0 Å². The molecule has 19 heavy (non-hydrogen) atoms. The number of nitrogens with one attached hydrogen (secondary N) is 1. The highest BCUT2D eigenvalue weighted by Crippen LogP contribution is 2.22. The number of rotatable bonds is 5. The smallest absolute Gasteiger partial charge is 0.251 e. The van der Waals surface area contributed by atoms with Crippen molar-refractivity contribution in [1.82, 2.24) is 5.32 Å². The van der Waals surface area contributed by atoms with Crippen molar-refractivity contribution in [3.8, 4) is 0 Å². The predicted octanol–water partition coefficient (Wildman–Crippen LogP) is 1.49. The molecule has 3 N–H and O–H groups in total. The van der Waals surface area contributed by atoms with Crippen molar-refractivity contribution in [2.45, 2.75) is 19.4 Å². The summed E-state index contributed by atoms with van der Waals surface area (Å²) in [5.74, 6) is -0.151. The van der Waals surface area contributed by atoms with E-state index in [4.69, 9.17) is 10.5 Å². The molecule has 0 heterocycles. The summed E-state index contributed by atoms with van der Waals surface area (Å²) in [6, 6.07) is 5.29. The van der Waals surface area contributed by atoms with Crippen LogP contribution in [0.3, 0.4) is 0 Å². The summed E-state index contributed by atoms with van der Waals surface area (Å²) >= 11 is 0. The van der Waals surface area contributed by atoms with Crippen LogP contribution in [-0.4, -0.2) is 39.3 Å². The van der Waals surface area contributed by atoms with Crippen molar-refractivity contribution in [1.29, 1.82) is 0 Å². The summed E-state index contributed by atoms with van der Waals surface area (Å²) in [5.41, 5.74) is 7.57. The molecule has 0 aliphatic carbocycles. The molecule has 0 fully saturated rings. The number of benzene rings is 1. The molecule has 0 aliphatic heterocycles. The summed E-state index contributed by atoms with van der Waals surface area (Å²) in [6.07, 6.45) is 0. The molecule has 0 spiro atoms. The number of nitrogens with two attached hydrogens (primary N) is 1. The molecule has 0 aromatic heterocycles. The van der Waals surface area contributed by atoms with Crippen LogP contribution >= 0.6 is 0 Å². The lowest BCUT2D eigenvalue weighted by atomic mass is 10.1. The number of hydrogen-bond acceptors (Lipinski definition) is 4. The third kappa shape index (κ3) is 4.13. The second-order valence-electron chi connectivity index (χ2n) is 5.31. The number of methoxy groups -OCH3 is 1. The number of nitrogens with zero attached hydrogens (tertiary/aromatic N) is 1. The van der Waals surface area contributed by atoms with Crippen LogP contribution in [0.5, 0.6) is 0 Å². The average Bonchev–Trinajstić information content (AvgIpc) is 2.35. The predicted molar refractivity (Wildman–Crippen MR) is 78.6 cm³/mol. The van der Waals surface area contributed by atoms with Crippen LogP contribution in [0.15, 0.2) is 18.2 Å². The lowest BCUT2D eigenvalue weighted by Gasteiger charge is -2.23. The van der Waals surface area contributed by atoms with E-state index >= 15 is 0 Å². The summed E-state index contributed by atoms with van der Waals surface area (Å²) in [4.78, 5) is 13.9. The lowest BCUT2D eigenvalue weighted by molar-refractivity contribution is 0.0229. The van der Waals surface area contributed by atoms with Gasteiger partial charge >= 0.3 is 0 Å². The Labute approximate surface area is 114 Å². The van der Waals surface area contributed by atoms with Crippen molar-refractivity contribution in [3.05, 3.63) is 23.8 Å². The van der Waals surface area contributed by atoms with Gasteiger partial charge < -0.3 is 20.7 Å². The summed E-state index contributed by atoms with van der Waals surface area (Å²) in [7, 11) is 5.44. The van der Waals surface area contributed by atoms with Crippen molar-refractivity contribution in [2.75, 3.05) is 38.4 Å². The van der Waals surface area contributed by atoms with E-state index in [1.165, 1.54) is 0 Å². The zero-order chi connectivity index (χ0) is 14.6. The fourth-order valence-electron chi connectivity index (χ4n) is 1.57. The highest BCUT2D eigenvalue weighted by atomic mass is 16.5. The Morgan fingerprint density at radius 2 is 2.05 bits per heavy atom. The molecule has 0 saturated carbocycles. The highest BCUT2D eigenvalue weighted by molar-refractivity contribution is 5.96. The van der Waals surface area contributed by atoms with E-state index in [0.717, 1.165) is 5.69 Å². The molecule has 5 nitrogen and oxygen atoms in total. The number of hydrogen-bond donors (Lipinski definition) is 2. The number of carbonyl (C=O) groups excluding carboxylic acids is 1. The summed E-state index contributed by atoms with van der Waals surface area (Å²) in [6.45, 7) is 4.27. The molecule has 1 rings (SSSR count). The Kier molecular flexibility index (Phi) is 4.78. The molecular formula is C14H23N3O2. The van der Waals surface area contributed by atoms with Gasteiger partial charge in [0.1, 0.15) is 0 Å². The molecule has 5 heteroatoms. The van der Waals surface area contributed by atoms with Crippen LogP contribution in [0.25, 0.3) is 0 Å². The summed E-state index contributed by atoms with van der Waals surface area (Å²) < 4.78 is 5.25. The highest BCUT2D eigenvalue weighted by Gasteiger charge is 2.18. The number of carbonyl (C=O) groups is 1.